The fourth-order valence-electron chi connectivity index (χ4n) is 1.58. The molecule has 1 amide bonds. The molecule has 1 N–H and O–H groups in total. The SMILES string of the molecule is Cn1cc(/C=C(\C#N)C(=O)Nc2ccccc2Cl)cn1. The Bertz CT molecular complexity index is 712. The molecular weight excluding hydrogens is 276 g/mol. The number of hydrogen-bond donors (Lipinski definition) is 1. The van der Waals surface area contributed by atoms with Crippen molar-refractivity contribution in [2.45, 2.75) is 0 Å². The summed E-state index contributed by atoms with van der Waals surface area (Å²) < 4.78 is 1.59. The lowest BCUT2D eigenvalue weighted by molar-refractivity contribution is -0.112. The minimum Gasteiger partial charge on any atom is -0.320 e. The van der Waals surface area contributed by atoms with Gasteiger partial charge in [0.05, 0.1) is 16.9 Å². The maximum atomic E-state index is 12.0. The van der Waals surface area contributed by atoms with Crippen LogP contribution in [0.15, 0.2) is 42.2 Å². The number of nitriles is 1. The summed E-state index contributed by atoms with van der Waals surface area (Å²) in [5.41, 5.74) is 1.13. The molecule has 0 radical (unpaired) electrons. The molecule has 0 aliphatic rings. The minimum absolute atomic E-state index is 0.0158. The summed E-state index contributed by atoms with van der Waals surface area (Å²) in [7, 11) is 1.76. The fourth-order valence-corrected chi connectivity index (χ4v) is 1.77. The van der Waals surface area contributed by atoms with Gasteiger partial charge in [-0.25, -0.2) is 0 Å². The van der Waals surface area contributed by atoms with Gasteiger partial charge in [-0.3, -0.25) is 9.48 Å². The van der Waals surface area contributed by atoms with Crippen LogP contribution in [-0.4, -0.2) is 15.7 Å². The Morgan fingerprint density at radius 2 is 2.25 bits per heavy atom. The number of nitrogens with one attached hydrogen (secondary N) is 1. The number of aromatic nitrogens is 2. The second-order valence-corrected chi connectivity index (χ2v) is 4.46. The summed E-state index contributed by atoms with van der Waals surface area (Å²) in [6, 6.07) is 8.70. The second kappa shape index (κ2) is 6.04. The molecule has 0 atom stereocenters. The molecular formula is C14H11ClN4O. The van der Waals surface area contributed by atoms with Gasteiger partial charge < -0.3 is 5.32 Å². The Labute approximate surface area is 121 Å². The zero-order valence-electron chi connectivity index (χ0n) is 10.7. The first-order valence-corrected chi connectivity index (χ1v) is 6.14. The Balaban J connectivity index is 2.21. The van der Waals surface area contributed by atoms with E-state index in [-0.39, 0.29) is 5.57 Å². The lowest BCUT2D eigenvalue weighted by atomic mass is 10.2. The number of nitrogens with zero attached hydrogens (tertiary/aromatic N) is 3. The average molecular weight is 287 g/mol. The smallest absolute Gasteiger partial charge is 0.266 e. The molecule has 0 aliphatic carbocycles. The van der Waals surface area contributed by atoms with E-state index < -0.39 is 5.91 Å². The van der Waals surface area contributed by atoms with Crippen molar-refractivity contribution in [1.82, 2.24) is 9.78 Å². The third-order valence-electron chi connectivity index (χ3n) is 2.52. The van der Waals surface area contributed by atoms with Gasteiger partial charge in [0.1, 0.15) is 11.6 Å². The van der Waals surface area contributed by atoms with E-state index in [0.29, 0.717) is 16.3 Å². The topological polar surface area (TPSA) is 70.7 Å². The van der Waals surface area contributed by atoms with Crippen LogP contribution in [0.4, 0.5) is 5.69 Å². The molecule has 0 aliphatic heterocycles. The molecule has 0 fully saturated rings. The highest BCUT2D eigenvalue weighted by Gasteiger charge is 2.11. The van der Waals surface area contributed by atoms with Crippen molar-refractivity contribution in [3.8, 4) is 6.07 Å². The number of rotatable bonds is 3. The lowest BCUT2D eigenvalue weighted by Gasteiger charge is -2.05. The highest BCUT2D eigenvalue weighted by Crippen LogP contribution is 2.21. The predicted octanol–water partition coefficient (Wildman–Crippen LogP) is 2.62. The first kappa shape index (κ1) is 13.8. The number of benzene rings is 1. The van der Waals surface area contributed by atoms with E-state index in [1.54, 1.807) is 48.4 Å². The molecule has 0 saturated heterocycles. The van der Waals surface area contributed by atoms with Gasteiger partial charge in [0.2, 0.25) is 0 Å². The molecule has 0 unspecified atom stereocenters. The summed E-state index contributed by atoms with van der Waals surface area (Å²) in [5, 5.41) is 16.1. The molecule has 20 heavy (non-hydrogen) atoms. The van der Waals surface area contributed by atoms with Crippen molar-refractivity contribution in [2.24, 2.45) is 7.05 Å². The van der Waals surface area contributed by atoms with Gasteiger partial charge >= 0.3 is 0 Å². The van der Waals surface area contributed by atoms with Gasteiger partial charge in [-0.15, -0.1) is 0 Å². The standard InChI is InChI=1S/C14H11ClN4O/c1-19-9-10(8-17-19)6-11(7-16)14(20)18-13-5-3-2-4-12(13)15/h2-6,8-9H,1H3,(H,18,20)/b11-6+. The van der Waals surface area contributed by atoms with Gasteiger partial charge in [0.25, 0.3) is 5.91 Å². The molecule has 5 nitrogen and oxygen atoms in total. The van der Waals surface area contributed by atoms with E-state index in [1.807, 2.05) is 6.07 Å². The van der Waals surface area contributed by atoms with E-state index in [2.05, 4.69) is 10.4 Å². The zero-order valence-corrected chi connectivity index (χ0v) is 11.4. The number of hydrogen-bond acceptors (Lipinski definition) is 3. The average Bonchev–Trinajstić information content (AvgIpc) is 2.84. The Hall–Kier alpha value is -2.58. The van der Waals surface area contributed by atoms with Crippen LogP contribution in [0.25, 0.3) is 6.08 Å². The third kappa shape index (κ3) is 3.25. The van der Waals surface area contributed by atoms with Crippen LogP contribution >= 0.6 is 11.6 Å². The maximum absolute atomic E-state index is 12.0. The van der Waals surface area contributed by atoms with E-state index in [4.69, 9.17) is 16.9 Å². The van der Waals surface area contributed by atoms with Gasteiger partial charge in [-0.05, 0) is 18.2 Å². The number of amides is 1. The number of para-hydroxylation sites is 1. The molecule has 2 aromatic rings. The molecule has 6 heteroatoms. The van der Waals surface area contributed by atoms with Crippen molar-refractivity contribution in [2.75, 3.05) is 5.32 Å². The van der Waals surface area contributed by atoms with Gasteiger partial charge in [-0.1, -0.05) is 23.7 Å². The van der Waals surface area contributed by atoms with Crippen molar-refractivity contribution in [3.63, 3.8) is 0 Å². The second-order valence-electron chi connectivity index (χ2n) is 4.05. The van der Waals surface area contributed by atoms with E-state index in [9.17, 15) is 4.79 Å². The first-order chi connectivity index (χ1) is 9.60. The molecule has 100 valence electrons. The zero-order chi connectivity index (χ0) is 14.5. The molecule has 1 heterocycles. The Morgan fingerprint density at radius 3 is 2.85 bits per heavy atom. The van der Waals surface area contributed by atoms with Crippen molar-refractivity contribution in [3.05, 3.63) is 52.8 Å². The van der Waals surface area contributed by atoms with Crippen molar-refractivity contribution >= 4 is 29.3 Å². The van der Waals surface area contributed by atoms with Crippen LogP contribution in [0.5, 0.6) is 0 Å². The van der Waals surface area contributed by atoms with Crippen LogP contribution in [0.2, 0.25) is 5.02 Å². The van der Waals surface area contributed by atoms with Crippen LogP contribution in [-0.2, 0) is 11.8 Å². The van der Waals surface area contributed by atoms with E-state index >= 15 is 0 Å². The number of carbonyl (C=O) groups is 1. The van der Waals surface area contributed by atoms with E-state index in [1.165, 1.54) is 6.08 Å². The summed E-state index contributed by atoms with van der Waals surface area (Å²) in [6.07, 6.45) is 4.75. The summed E-state index contributed by atoms with van der Waals surface area (Å²) >= 11 is 5.95. The monoisotopic (exact) mass is 286 g/mol. The van der Waals surface area contributed by atoms with Crippen molar-refractivity contribution in [1.29, 1.82) is 5.26 Å². The quantitative estimate of drug-likeness (QED) is 0.696. The molecule has 0 spiro atoms. The highest BCUT2D eigenvalue weighted by atomic mass is 35.5. The van der Waals surface area contributed by atoms with Crippen molar-refractivity contribution < 1.29 is 4.79 Å². The number of carbonyl (C=O) groups excluding carboxylic acids is 1. The minimum atomic E-state index is -0.510. The maximum Gasteiger partial charge on any atom is 0.266 e. The molecule has 2 rings (SSSR count). The largest absolute Gasteiger partial charge is 0.320 e. The van der Waals surface area contributed by atoms with Crippen LogP contribution < -0.4 is 5.32 Å². The number of halogens is 1. The molecule has 1 aromatic heterocycles. The van der Waals surface area contributed by atoms with Gasteiger partial charge in [0.15, 0.2) is 0 Å². The number of anilines is 1. The summed E-state index contributed by atoms with van der Waals surface area (Å²) in [5.74, 6) is -0.510. The Kier molecular flexibility index (Phi) is 4.18. The van der Waals surface area contributed by atoms with Crippen LogP contribution in [0.1, 0.15) is 5.56 Å². The fraction of sp³-hybridized carbons (Fsp3) is 0.0714. The normalized spacial score (nSPS) is 10.9. The molecule has 0 bridgehead atoms. The lowest BCUT2D eigenvalue weighted by Crippen LogP contribution is -2.13. The first-order valence-electron chi connectivity index (χ1n) is 5.76. The number of aryl methyl sites for hydroxylation is 1. The van der Waals surface area contributed by atoms with Crippen LogP contribution in [0, 0.1) is 11.3 Å². The van der Waals surface area contributed by atoms with Gasteiger partial charge in [0, 0.05) is 18.8 Å². The predicted molar refractivity (Wildman–Crippen MR) is 76.9 cm³/mol. The molecule has 0 saturated carbocycles. The molecule has 1 aromatic carbocycles. The highest BCUT2D eigenvalue weighted by molar-refractivity contribution is 6.34. The summed E-state index contributed by atoms with van der Waals surface area (Å²) in [4.78, 5) is 12.0. The van der Waals surface area contributed by atoms with Crippen LogP contribution in [0.3, 0.4) is 0 Å². The van der Waals surface area contributed by atoms with E-state index in [0.717, 1.165) is 0 Å². The Morgan fingerprint density at radius 1 is 1.50 bits per heavy atom. The summed E-state index contributed by atoms with van der Waals surface area (Å²) in [6.45, 7) is 0. The third-order valence-corrected chi connectivity index (χ3v) is 2.85. The van der Waals surface area contributed by atoms with Gasteiger partial charge in [-0.2, -0.15) is 10.4 Å².